The lowest BCUT2D eigenvalue weighted by molar-refractivity contribution is 0.323. The Hall–Kier alpha value is -0.750. The van der Waals surface area contributed by atoms with Gasteiger partial charge in [0, 0.05) is 5.87 Å². The standard InChI is InChI=1S/C3H5NO/c1-2-3-4-5/h2,5H,1H3. The SMILES string of the molecule is CC=C=NO. The Labute approximate surface area is 30.4 Å². The molecule has 0 aliphatic rings. The summed E-state index contributed by atoms with van der Waals surface area (Å²) in [4.78, 5) is 0. The minimum absolute atomic E-state index is 1.51. The fraction of sp³-hybridized carbons (Fsp3) is 0.333. The third kappa shape index (κ3) is 3.25. The minimum atomic E-state index is 1.51. The van der Waals surface area contributed by atoms with Crippen LogP contribution in [0.25, 0.3) is 0 Å². The molecule has 0 fully saturated rings. The van der Waals surface area contributed by atoms with E-state index < -0.39 is 0 Å². The van der Waals surface area contributed by atoms with E-state index in [1.165, 1.54) is 6.08 Å². The smallest absolute Gasteiger partial charge is 0.0236 e. The van der Waals surface area contributed by atoms with Gasteiger partial charge in [0.15, 0.2) is 0 Å². The summed E-state index contributed by atoms with van der Waals surface area (Å²) in [6.07, 6.45) is 1.51. The van der Waals surface area contributed by atoms with Crippen molar-refractivity contribution in [3.63, 3.8) is 0 Å². The van der Waals surface area contributed by atoms with Gasteiger partial charge < -0.3 is 5.21 Å². The zero-order valence-corrected chi connectivity index (χ0v) is 2.97. The van der Waals surface area contributed by atoms with Crippen LogP contribution in [0.1, 0.15) is 6.92 Å². The van der Waals surface area contributed by atoms with E-state index in [-0.39, 0.29) is 0 Å². The number of nitrogens with zero attached hydrogens (tertiary/aromatic N) is 1. The zero-order valence-electron chi connectivity index (χ0n) is 2.97. The van der Waals surface area contributed by atoms with Crippen LogP contribution in [0.3, 0.4) is 0 Å². The first-order valence-corrected chi connectivity index (χ1v) is 1.29. The Morgan fingerprint density at radius 1 is 2.00 bits per heavy atom. The van der Waals surface area contributed by atoms with Crippen molar-refractivity contribution in [2.24, 2.45) is 5.16 Å². The van der Waals surface area contributed by atoms with Crippen LogP contribution in [0.4, 0.5) is 0 Å². The number of hydrogen-bond donors (Lipinski definition) is 1. The normalized spacial score (nSPS) is 5.00. The van der Waals surface area contributed by atoms with E-state index in [9.17, 15) is 0 Å². The lowest BCUT2D eigenvalue weighted by Gasteiger charge is -1.50. The molecule has 0 unspecified atom stereocenters. The fourth-order valence-corrected chi connectivity index (χ4v) is 0.0577. The van der Waals surface area contributed by atoms with E-state index >= 15 is 0 Å². The zero-order chi connectivity index (χ0) is 4.12. The Morgan fingerprint density at radius 3 is 2.60 bits per heavy atom. The molecule has 2 nitrogen and oxygen atoms in total. The topological polar surface area (TPSA) is 32.6 Å². The Balaban J connectivity index is 3.26. The van der Waals surface area contributed by atoms with Gasteiger partial charge in [0.1, 0.15) is 0 Å². The quantitative estimate of drug-likeness (QED) is 0.253. The molecule has 0 saturated heterocycles. The maximum atomic E-state index is 7.55. The van der Waals surface area contributed by atoms with E-state index in [0.29, 0.717) is 0 Å². The highest BCUT2D eigenvalue weighted by atomic mass is 16.4. The lowest BCUT2D eigenvalue weighted by Crippen LogP contribution is -1.45. The monoisotopic (exact) mass is 71.0 g/mol. The van der Waals surface area contributed by atoms with Crippen LogP contribution in [0.15, 0.2) is 11.2 Å². The molecule has 0 aromatic rings. The number of allylic oxidation sites excluding steroid dienone is 1. The summed E-state index contributed by atoms with van der Waals surface area (Å²) >= 11 is 0. The van der Waals surface area contributed by atoms with Gasteiger partial charge in [0.05, 0.1) is 0 Å². The Kier molecular flexibility index (Phi) is 2.76. The van der Waals surface area contributed by atoms with Crippen LogP contribution in [-0.2, 0) is 0 Å². The molecule has 5 heavy (non-hydrogen) atoms. The molecule has 0 aliphatic carbocycles. The average molecular weight is 71.1 g/mol. The van der Waals surface area contributed by atoms with Gasteiger partial charge in [-0.15, -0.1) is 0 Å². The molecule has 0 rings (SSSR count). The maximum absolute atomic E-state index is 7.55. The molecular weight excluding hydrogens is 66.0 g/mol. The van der Waals surface area contributed by atoms with Gasteiger partial charge >= 0.3 is 0 Å². The van der Waals surface area contributed by atoms with Crippen molar-refractivity contribution in [3.05, 3.63) is 6.08 Å². The summed E-state index contributed by atoms with van der Waals surface area (Å²) in [5.74, 6) is 2.17. The van der Waals surface area contributed by atoms with Crippen molar-refractivity contribution in [2.75, 3.05) is 0 Å². The predicted molar refractivity (Wildman–Crippen MR) is 19.5 cm³/mol. The summed E-state index contributed by atoms with van der Waals surface area (Å²) < 4.78 is 0. The van der Waals surface area contributed by atoms with Crippen molar-refractivity contribution < 1.29 is 5.21 Å². The first-order chi connectivity index (χ1) is 2.41. The van der Waals surface area contributed by atoms with Crippen LogP contribution >= 0.6 is 0 Å². The van der Waals surface area contributed by atoms with Gasteiger partial charge in [-0.1, -0.05) is 0 Å². The molecule has 0 atom stereocenters. The van der Waals surface area contributed by atoms with Gasteiger partial charge in [-0.05, 0) is 18.2 Å². The summed E-state index contributed by atoms with van der Waals surface area (Å²) in [7, 11) is 0. The first-order valence-electron chi connectivity index (χ1n) is 1.29. The van der Waals surface area contributed by atoms with Crippen molar-refractivity contribution in [1.82, 2.24) is 0 Å². The highest BCUT2D eigenvalue weighted by molar-refractivity contribution is 5.49. The molecule has 0 aromatic heterocycles. The highest BCUT2D eigenvalue weighted by Gasteiger charge is 1.37. The molecule has 0 radical (unpaired) electrons. The van der Waals surface area contributed by atoms with E-state index in [1.54, 1.807) is 6.92 Å². The number of rotatable bonds is 0. The molecule has 0 heterocycles. The molecule has 28 valence electrons. The largest absolute Gasteiger partial charge is 0.404 e. The molecule has 0 aliphatic heterocycles. The van der Waals surface area contributed by atoms with Crippen LogP contribution in [0.2, 0.25) is 0 Å². The molecule has 0 spiro atoms. The van der Waals surface area contributed by atoms with Gasteiger partial charge in [-0.3, -0.25) is 0 Å². The molecule has 0 bridgehead atoms. The van der Waals surface area contributed by atoms with Crippen LogP contribution in [0.5, 0.6) is 0 Å². The van der Waals surface area contributed by atoms with Gasteiger partial charge in [-0.2, -0.15) is 0 Å². The third-order valence-electron chi connectivity index (χ3n) is 0.187. The Bertz CT molecular complexity index is 55.3. The molecule has 0 amide bonds. The maximum Gasteiger partial charge on any atom is 0.0236 e. The second-order valence-electron chi connectivity index (χ2n) is 0.518. The van der Waals surface area contributed by atoms with Crippen LogP contribution < -0.4 is 0 Å². The predicted octanol–water partition coefficient (Wildman–Crippen LogP) is 0.621. The lowest BCUT2D eigenvalue weighted by atomic mass is 10.8. The second kappa shape index (κ2) is 3.25. The van der Waals surface area contributed by atoms with E-state index in [1.807, 2.05) is 0 Å². The highest BCUT2D eigenvalue weighted by Crippen LogP contribution is 1.44. The second-order valence-corrected chi connectivity index (χ2v) is 0.518. The number of hydrogen-bond acceptors (Lipinski definition) is 2. The van der Waals surface area contributed by atoms with Crippen molar-refractivity contribution in [3.8, 4) is 0 Å². The summed E-state index contributed by atoms with van der Waals surface area (Å²) in [6.45, 7) is 1.72. The molecule has 2 heteroatoms. The van der Waals surface area contributed by atoms with Crippen LogP contribution in [0, 0.1) is 0 Å². The van der Waals surface area contributed by atoms with E-state index in [2.05, 4.69) is 11.0 Å². The molecule has 1 N–H and O–H groups in total. The molecular formula is C3H5NO. The average Bonchev–Trinajstić information content (AvgIpc) is 1.41. The van der Waals surface area contributed by atoms with Crippen molar-refractivity contribution >= 4 is 5.87 Å². The summed E-state index contributed by atoms with van der Waals surface area (Å²) in [5.41, 5.74) is 0. The third-order valence-corrected chi connectivity index (χ3v) is 0.187. The first kappa shape index (κ1) is 4.25. The summed E-state index contributed by atoms with van der Waals surface area (Å²) in [5, 5.41) is 10.1. The van der Waals surface area contributed by atoms with Crippen molar-refractivity contribution in [2.45, 2.75) is 6.92 Å². The molecule has 0 saturated carbocycles. The minimum Gasteiger partial charge on any atom is -0.404 e. The molecule has 0 aromatic carbocycles. The van der Waals surface area contributed by atoms with Gasteiger partial charge in [0.2, 0.25) is 0 Å². The Morgan fingerprint density at radius 2 is 2.60 bits per heavy atom. The fourth-order valence-electron chi connectivity index (χ4n) is 0.0577. The van der Waals surface area contributed by atoms with E-state index in [4.69, 9.17) is 5.21 Å². The summed E-state index contributed by atoms with van der Waals surface area (Å²) in [6, 6.07) is 0. The van der Waals surface area contributed by atoms with Gasteiger partial charge in [-0.25, -0.2) is 0 Å². The van der Waals surface area contributed by atoms with Gasteiger partial charge in [0.25, 0.3) is 0 Å². The van der Waals surface area contributed by atoms with Crippen molar-refractivity contribution in [1.29, 1.82) is 0 Å². The van der Waals surface area contributed by atoms with Crippen LogP contribution in [-0.4, -0.2) is 11.1 Å². The van der Waals surface area contributed by atoms with E-state index in [0.717, 1.165) is 0 Å².